The van der Waals surface area contributed by atoms with Gasteiger partial charge in [0.25, 0.3) is 10.0 Å². The standard InChI is InChI=1S/C29H32Cl3N3O4S/c1-18(2)33-29(37)21(5)34(16-24-25(30)7-6-8-26(24)31)28(36)17-35(22-12-11-20(4)27(32)15-22)40(38,39)23-13-9-19(3)10-14-23/h6-15,18,21H,16-17H2,1-5H3,(H,33,37). The molecule has 0 bridgehead atoms. The average molecular weight is 625 g/mol. The van der Waals surface area contributed by atoms with Gasteiger partial charge in [0.1, 0.15) is 12.6 Å². The van der Waals surface area contributed by atoms with E-state index < -0.39 is 34.4 Å². The van der Waals surface area contributed by atoms with Crippen molar-refractivity contribution in [3.8, 4) is 0 Å². The summed E-state index contributed by atoms with van der Waals surface area (Å²) in [5, 5.41) is 3.78. The summed E-state index contributed by atoms with van der Waals surface area (Å²) in [4.78, 5) is 28.3. The molecule has 0 radical (unpaired) electrons. The highest BCUT2D eigenvalue weighted by molar-refractivity contribution is 7.92. The van der Waals surface area contributed by atoms with E-state index in [-0.39, 0.29) is 23.2 Å². The van der Waals surface area contributed by atoms with Crippen molar-refractivity contribution in [3.05, 3.63) is 92.4 Å². The minimum atomic E-state index is -4.21. The molecule has 0 saturated heterocycles. The molecular formula is C29H32Cl3N3O4S. The Balaban J connectivity index is 2.10. The van der Waals surface area contributed by atoms with Crippen molar-refractivity contribution in [3.63, 3.8) is 0 Å². The smallest absolute Gasteiger partial charge is 0.264 e. The number of aryl methyl sites for hydroxylation is 2. The topological polar surface area (TPSA) is 86.8 Å². The van der Waals surface area contributed by atoms with Crippen LogP contribution in [-0.4, -0.2) is 43.8 Å². The minimum Gasteiger partial charge on any atom is -0.352 e. The lowest BCUT2D eigenvalue weighted by Gasteiger charge is -2.32. The van der Waals surface area contributed by atoms with E-state index in [2.05, 4.69) is 5.32 Å². The van der Waals surface area contributed by atoms with Crippen LogP contribution < -0.4 is 9.62 Å². The SMILES string of the molecule is Cc1ccc(S(=O)(=O)N(CC(=O)N(Cc2c(Cl)cccc2Cl)C(C)C(=O)NC(C)C)c2ccc(C)c(Cl)c2)cc1. The molecule has 40 heavy (non-hydrogen) atoms. The number of hydrogen-bond donors (Lipinski definition) is 1. The number of sulfonamides is 1. The van der Waals surface area contributed by atoms with Crippen LogP contribution in [0.3, 0.4) is 0 Å². The van der Waals surface area contributed by atoms with Gasteiger partial charge >= 0.3 is 0 Å². The van der Waals surface area contributed by atoms with Gasteiger partial charge in [0, 0.05) is 33.2 Å². The van der Waals surface area contributed by atoms with Crippen LogP contribution >= 0.6 is 34.8 Å². The van der Waals surface area contributed by atoms with Gasteiger partial charge in [0.05, 0.1) is 10.6 Å². The number of nitrogens with one attached hydrogen (secondary N) is 1. The average Bonchev–Trinajstić information content (AvgIpc) is 2.88. The number of anilines is 1. The van der Waals surface area contributed by atoms with Gasteiger partial charge in [0.2, 0.25) is 11.8 Å². The summed E-state index contributed by atoms with van der Waals surface area (Å²) in [5.41, 5.74) is 2.28. The molecule has 0 heterocycles. The van der Waals surface area contributed by atoms with Crippen LogP contribution in [0.1, 0.15) is 37.5 Å². The van der Waals surface area contributed by atoms with Crippen molar-refractivity contribution in [2.45, 2.75) is 58.1 Å². The van der Waals surface area contributed by atoms with E-state index in [4.69, 9.17) is 34.8 Å². The molecule has 214 valence electrons. The van der Waals surface area contributed by atoms with E-state index in [9.17, 15) is 18.0 Å². The molecule has 3 aromatic carbocycles. The van der Waals surface area contributed by atoms with Gasteiger partial charge in [-0.05, 0) is 76.6 Å². The quantitative estimate of drug-likeness (QED) is 0.283. The van der Waals surface area contributed by atoms with Crippen LogP contribution in [0.2, 0.25) is 15.1 Å². The first-order chi connectivity index (χ1) is 18.7. The van der Waals surface area contributed by atoms with E-state index in [0.29, 0.717) is 20.6 Å². The Morgan fingerprint density at radius 3 is 2.02 bits per heavy atom. The second kappa shape index (κ2) is 13.3. The fraction of sp³-hybridized carbons (Fsp3) is 0.310. The molecule has 0 saturated carbocycles. The summed E-state index contributed by atoms with van der Waals surface area (Å²) in [6.07, 6.45) is 0. The molecule has 0 aliphatic heterocycles. The number of benzene rings is 3. The number of carbonyl (C=O) groups excluding carboxylic acids is 2. The highest BCUT2D eigenvalue weighted by atomic mass is 35.5. The second-order valence-electron chi connectivity index (χ2n) is 9.82. The lowest BCUT2D eigenvalue weighted by atomic mass is 10.1. The predicted molar refractivity (Wildman–Crippen MR) is 162 cm³/mol. The fourth-order valence-electron chi connectivity index (χ4n) is 3.94. The number of halogens is 3. The van der Waals surface area contributed by atoms with Crippen molar-refractivity contribution in [2.24, 2.45) is 0 Å². The van der Waals surface area contributed by atoms with Gasteiger partial charge in [-0.15, -0.1) is 0 Å². The zero-order valence-corrected chi connectivity index (χ0v) is 26.0. The van der Waals surface area contributed by atoms with Gasteiger partial charge in [-0.2, -0.15) is 0 Å². The third-order valence-corrected chi connectivity index (χ3v) is 9.22. The van der Waals surface area contributed by atoms with E-state index in [0.717, 1.165) is 15.4 Å². The maximum atomic E-state index is 14.0. The van der Waals surface area contributed by atoms with Gasteiger partial charge in [0.15, 0.2) is 0 Å². The third-order valence-electron chi connectivity index (χ3n) is 6.32. The Bertz CT molecular complexity index is 1470. The Labute approximate surface area is 251 Å². The Hall–Kier alpha value is -2.78. The summed E-state index contributed by atoms with van der Waals surface area (Å²) in [6, 6.07) is 14.9. The molecule has 0 aliphatic carbocycles. The normalized spacial score (nSPS) is 12.2. The number of hydrogen-bond acceptors (Lipinski definition) is 4. The van der Waals surface area contributed by atoms with E-state index in [1.165, 1.54) is 23.1 Å². The molecule has 3 rings (SSSR count). The first-order valence-electron chi connectivity index (χ1n) is 12.6. The summed E-state index contributed by atoms with van der Waals surface area (Å²) in [5.74, 6) is -1.03. The number of rotatable bonds is 10. The molecule has 7 nitrogen and oxygen atoms in total. The van der Waals surface area contributed by atoms with Gasteiger partial charge in [-0.3, -0.25) is 13.9 Å². The number of nitrogens with zero attached hydrogens (tertiary/aromatic N) is 2. The first kappa shape index (κ1) is 31.7. The molecule has 1 atom stereocenters. The molecule has 1 N–H and O–H groups in total. The van der Waals surface area contributed by atoms with Crippen molar-refractivity contribution in [1.29, 1.82) is 0 Å². The summed E-state index contributed by atoms with van der Waals surface area (Å²) >= 11 is 19.2. The van der Waals surface area contributed by atoms with Crippen LogP contribution in [0.25, 0.3) is 0 Å². The molecule has 3 aromatic rings. The molecule has 2 amide bonds. The second-order valence-corrected chi connectivity index (χ2v) is 12.9. The van der Waals surface area contributed by atoms with E-state index in [1.807, 2.05) is 6.92 Å². The van der Waals surface area contributed by atoms with Gasteiger partial charge in [-0.1, -0.05) is 64.6 Å². The lowest BCUT2D eigenvalue weighted by Crippen LogP contribution is -2.52. The molecular weight excluding hydrogens is 593 g/mol. The molecule has 0 aromatic heterocycles. The van der Waals surface area contributed by atoms with Gasteiger partial charge in [-0.25, -0.2) is 8.42 Å². The van der Waals surface area contributed by atoms with Gasteiger partial charge < -0.3 is 10.2 Å². The van der Waals surface area contributed by atoms with Crippen LogP contribution in [0, 0.1) is 13.8 Å². The van der Waals surface area contributed by atoms with Crippen LogP contribution in [0.4, 0.5) is 5.69 Å². The lowest BCUT2D eigenvalue weighted by molar-refractivity contribution is -0.139. The monoisotopic (exact) mass is 623 g/mol. The van der Waals surface area contributed by atoms with Crippen LogP contribution in [0.15, 0.2) is 65.6 Å². The highest BCUT2D eigenvalue weighted by Crippen LogP contribution is 2.30. The van der Waals surface area contributed by atoms with Crippen molar-refractivity contribution in [1.82, 2.24) is 10.2 Å². The minimum absolute atomic E-state index is 0.00824. The zero-order chi connectivity index (χ0) is 29.8. The fourth-order valence-corrected chi connectivity index (χ4v) is 6.04. The van der Waals surface area contributed by atoms with Crippen molar-refractivity contribution in [2.75, 3.05) is 10.8 Å². The Morgan fingerprint density at radius 1 is 0.875 bits per heavy atom. The highest BCUT2D eigenvalue weighted by Gasteiger charge is 2.33. The molecule has 1 unspecified atom stereocenters. The Kier molecular flexibility index (Phi) is 10.5. The number of amides is 2. The summed E-state index contributed by atoms with van der Waals surface area (Å²) in [7, 11) is -4.21. The van der Waals surface area contributed by atoms with Crippen LogP contribution in [0.5, 0.6) is 0 Å². The zero-order valence-electron chi connectivity index (χ0n) is 22.9. The maximum absolute atomic E-state index is 14.0. The van der Waals surface area contributed by atoms with E-state index in [1.54, 1.807) is 70.2 Å². The van der Waals surface area contributed by atoms with Crippen LogP contribution in [-0.2, 0) is 26.2 Å². The third kappa shape index (κ3) is 7.49. The summed E-state index contributed by atoms with van der Waals surface area (Å²) < 4.78 is 28.8. The number of carbonyl (C=O) groups is 2. The molecule has 0 spiro atoms. The van der Waals surface area contributed by atoms with E-state index >= 15 is 0 Å². The summed E-state index contributed by atoms with van der Waals surface area (Å²) in [6.45, 7) is 8.10. The molecule has 0 aliphatic rings. The van der Waals surface area contributed by atoms with Crippen molar-refractivity contribution < 1.29 is 18.0 Å². The maximum Gasteiger partial charge on any atom is 0.264 e. The first-order valence-corrected chi connectivity index (χ1v) is 15.2. The largest absolute Gasteiger partial charge is 0.352 e. The Morgan fingerprint density at radius 2 is 1.48 bits per heavy atom. The van der Waals surface area contributed by atoms with Crippen molar-refractivity contribution >= 4 is 62.3 Å². The molecule has 11 heteroatoms. The molecule has 0 fully saturated rings. The predicted octanol–water partition coefficient (Wildman–Crippen LogP) is 6.40.